The van der Waals surface area contributed by atoms with Gasteiger partial charge in [0.05, 0.1) is 19.1 Å². The summed E-state index contributed by atoms with van der Waals surface area (Å²) in [6, 6.07) is 7.73. The van der Waals surface area contributed by atoms with E-state index in [-0.39, 0.29) is 0 Å². The van der Waals surface area contributed by atoms with E-state index in [0.717, 1.165) is 17.1 Å². The molecule has 1 heterocycles. The van der Waals surface area contributed by atoms with Crippen LogP contribution in [0.1, 0.15) is 26.5 Å². The number of rotatable bonds is 5. The van der Waals surface area contributed by atoms with Crippen LogP contribution in [0.25, 0.3) is 5.69 Å². The summed E-state index contributed by atoms with van der Waals surface area (Å²) in [6.45, 7) is 5.98. The zero-order valence-corrected chi connectivity index (χ0v) is 14.0. The number of imidazole rings is 1. The minimum absolute atomic E-state index is 0.416. The summed E-state index contributed by atoms with van der Waals surface area (Å²) in [5.74, 6) is 0.770. The van der Waals surface area contributed by atoms with Crippen LogP contribution < -0.4 is 10.1 Å². The van der Waals surface area contributed by atoms with Crippen LogP contribution in [-0.2, 0) is 11.2 Å². The number of amides is 1. The molecule has 0 atom stereocenters. The second-order valence-electron chi connectivity index (χ2n) is 6.11. The van der Waals surface area contributed by atoms with Crippen molar-refractivity contribution in [2.75, 3.05) is 13.7 Å². The lowest BCUT2D eigenvalue weighted by atomic mass is 10.2. The highest BCUT2D eigenvalue weighted by Crippen LogP contribution is 2.23. The number of methoxy groups -OCH3 is 1. The van der Waals surface area contributed by atoms with Crippen molar-refractivity contribution in [3.05, 3.63) is 42.5 Å². The third kappa shape index (κ3) is 4.74. The molecule has 0 saturated carbocycles. The van der Waals surface area contributed by atoms with Crippen molar-refractivity contribution < 1.29 is 14.3 Å². The molecule has 1 N–H and O–H groups in total. The second-order valence-corrected chi connectivity index (χ2v) is 6.11. The highest BCUT2D eigenvalue weighted by Gasteiger charge is 2.16. The maximum absolute atomic E-state index is 11.7. The Morgan fingerprint density at radius 1 is 1.30 bits per heavy atom. The molecule has 0 fully saturated rings. The molecule has 0 spiro atoms. The first-order valence-electron chi connectivity index (χ1n) is 7.52. The van der Waals surface area contributed by atoms with Gasteiger partial charge in [0, 0.05) is 24.9 Å². The van der Waals surface area contributed by atoms with E-state index < -0.39 is 11.7 Å². The topological polar surface area (TPSA) is 65.4 Å². The minimum atomic E-state index is -0.497. The molecular weight excluding hydrogens is 294 g/mol. The van der Waals surface area contributed by atoms with Gasteiger partial charge in [-0.25, -0.2) is 9.78 Å². The molecule has 2 aromatic rings. The van der Waals surface area contributed by atoms with Crippen molar-refractivity contribution in [3.63, 3.8) is 0 Å². The lowest BCUT2D eigenvalue weighted by Crippen LogP contribution is -2.33. The zero-order valence-electron chi connectivity index (χ0n) is 14.0. The largest absolute Gasteiger partial charge is 0.495 e. The number of nitrogens with zero attached hydrogens (tertiary/aromatic N) is 2. The number of carbonyl (C=O) groups is 1. The summed E-state index contributed by atoms with van der Waals surface area (Å²) >= 11 is 0. The van der Waals surface area contributed by atoms with Gasteiger partial charge in [-0.2, -0.15) is 0 Å². The summed E-state index contributed by atoms with van der Waals surface area (Å²) in [4.78, 5) is 15.9. The lowest BCUT2D eigenvalue weighted by Gasteiger charge is -2.19. The Morgan fingerprint density at radius 2 is 2.04 bits per heavy atom. The van der Waals surface area contributed by atoms with Gasteiger partial charge in [-0.3, -0.25) is 4.57 Å². The highest BCUT2D eigenvalue weighted by atomic mass is 16.6. The Bertz CT molecular complexity index is 659. The van der Waals surface area contributed by atoms with E-state index in [1.54, 1.807) is 19.6 Å². The molecule has 0 aliphatic carbocycles. The number of benzene rings is 1. The van der Waals surface area contributed by atoms with Crippen LogP contribution in [0.3, 0.4) is 0 Å². The molecule has 23 heavy (non-hydrogen) atoms. The van der Waals surface area contributed by atoms with Gasteiger partial charge < -0.3 is 14.8 Å². The molecule has 6 nitrogen and oxygen atoms in total. The van der Waals surface area contributed by atoms with E-state index in [1.165, 1.54) is 0 Å². The summed E-state index contributed by atoms with van der Waals surface area (Å²) < 4.78 is 12.6. The van der Waals surface area contributed by atoms with Crippen molar-refractivity contribution in [2.45, 2.75) is 32.8 Å². The van der Waals surface area contributed by atoms with Crippen LogP contribution in [0.2, 0.25) is 0 Å². The zero-order chi connectivity index (χ0) is 16.9. The smallest absolute Gasteiger partial charge is 0.407 e. The third-order valence-electron chi connectivity index (χ3n) is 3.11. The Labute approximate surface area is 136 Å². The molecule has 0 unspecified atom stereocenters. The Kier molecular flexibility index (Phi) is 5.26. The molecule has 1 aromatic heterocycles. The van der Waals surface area contributed by atoms with Crippen LogP contribution in [0.5, 0.6) is 5.75 Å². The third-order valence-corrected chi connectivity index (χ3v) is 3.11. The summed E-state index contributed by atoms with van der Waals surface area (Å²) in [5.41, 5.74) is 1.40. The van der Waals surface area contributed by atoms with Gasteiger partial charge in [0.1, 0.15) is 11.4 Å². The lowest BCUT2D eigenvalue weighted by molar-refractivity contribution is 0.0528. The summed E-state index contributed by atoms with van der Waals surface area (Å²) in [6.07, 6.45) is 3.74. The van der Waals surface area contributed by atoms with Crippen LogP contribution in [-0.4, -0.2) is 34.9 Å². The van der Waals surface area contributed by atoms with E-state index in [0.29, 0.717) is 13.0 Å². The van der Waals surface area contributed by atoms with Crippen LogP contribution in [0, 0.1) is 0 Å². The van der Waals surface area contributed by atoms with E-state index in [9.17, 15) is 4.79 Å². The summed E-state index contributed by atoms with van der Waals surface area (Å²) in [7, 11) is 1.64. The Morgan fingerprint density at radius 3 is 2.74 bits per heavy atom. The second kappa shape index (κ2) is 7.17. The molecule has 0 radical (unpaired) electrons. The average Bonchev–Trinajstić information content (AvgIpc) is 2.93. The van der Waals surface area contributed by atoms with Crippen molar-refractivity contribution in [1.29, 1.82) is 0 Å². The predicted octanol–water partition coefficient (Wildman–Crippen LogP) is 2.95. The monoisotopic (exact) mass is 317 g/mol. The van der Waals surface area contributed by atoms with Gasteiger partial charge in [-0.05, 0) is 32.9 Å². The van der Waals surface area contributed by atoms with Crippen molar-refractivity contribution >= 4 is 6.09 Å². The molecule has 0 aliphatic rings. The standard InChI is InChI=1S/C17H23N3O3/c1-17(2,3)23-16(21)19-10-9-13-11-18-12-20(13)14-7-5-6-8-15(14)22-4/h5-8,11-12H,9-10H2,1-4H3,(H,19,21). The summed E-state index contributed by atoms with van der Waals surface area (Å²) in [5, 5.41) is 2.75. The molecule has 6 heteroatoms. The van der Waals surface area contributed by atoms with E-state index >= 15 is 0 Å². The SMILES string of the molecule is COc1ccccc1-n1cncc1CCNC(=O)OC(C)(C)C. The maximum Gasteiger partial charge on any atom is 0.407 e. The van der Waals surface area contributed by atoms with E-state index in [2.05, 4.69) is 10.3 Å². The minimum Gasteiger partial charge on any atom is -0.495 e. The van der Waals surface area contributed by atoms with Gasteiger partial charge in [0.25, 0.3) is 0 Å². The van der Waals surface area contributed by atoms with Crippen molar-refractivity contribution in [1.82, 2.24) is 14.9 Å². The van der Waals surface area contributed by atoms with Gasteiger partial charge in [-0.15, -0.1) is 0 Å². The maximum atomic E-state index is 11.7. The van der Waals surface area contributed by atoms with Crippen LogP contribution >= 0.6 is 0 Å². The van der Waals surface area contributed by atoms with Crippen molar-refractivity contribution in [2.24, 2.45) is 0 Å². The Balaban J connectivity index is 2.01. The number of hydrogen-bond donors (Lipinski definition) is 1. The first-order valence-corrected chi connectivity index (χ1v) is 7.52. The Hall–Kier alpha value is -2.50. The van der Waals surface area contributed by atoms with Crippen LogP contribution in [0.15, 0.2) is 36.8 Å². The van der Waals surface area contributed by atoms with Gasteiger partial charge in [-0.1, -0.05) is 12.1 Å². The van der Waals surface area contributed by atoms with Gasteiger partial charge >= 0.3 is 6.09 Å². The molecule has 0 bridgehead atoms. The number of carbonyl (C=O) groups excluding carboxylic acids is 1. The normalized spacial score (nSPS) is 11.1. The number of ether oxygens (including phenoxy) is 2. The number of hydrogen-bond acceptors (Lipinski definition) is 4. The molecular formula is C17H23N3O3. The molecule has 1 aromatic carbocycles. The van der Waals surface area contributed by atoms with E-state index in [1.807, 2.05) is 49.6 Å². The van der Waals surface area contributed by atoms with Crippen molar-refractivity contribution in [3.8, 4) is 11.4 Å². The average molecular weight is 317 g/mol. The first-order chi connectivity index (χ1) is 10.9. The number of nitrogens with one attached hydrogen (secondary N) is 1. The number of para-hydroxylation sites is 2. The number of aromatic nitrogens is 2. The fourth-order valence-electron chi connectivity index (χ4n) is 2.16. The van der Waals surface area contributed by atoms with Gasteiger partial charge in [0.2, 0.25) is 0 Å². The molecule has 2 rings (SSSR count). The molecule has 124 valence electrons. The molecule has 0 saturated heterocycles. The quantitative estimate of drug-likeness (QED) is 0.921. The first kappa shape index (κ1) is 16.9. The molecule has 1 amide bonds. The fourth-order valence-corrected chi connectivity index (χ4v) is 2.16. The van der Waals surface area contributed by atoms with E-state index in [4.69, 9.17) is 9.47 Å². The predicted molar refractivity (Wildman–Crippen MR) is 88.1 cm³/mol. The van der Waals surface area contributed by atoms with Crippen LogP contribution in [0.4, 0.5) is 4.79 Å². The highest BCUT2D eigenvalue weighted by molar-refractivity contribution is 5.67. The van der Waals surface area contributed by atoms with Gasteiger partial charge in [0.15, 0.2) is 0 Å². The fraction of sp³-hybridized carbons (Fsp3) is 0.412. The molecule has 0 aliphatic heterocycles. The number of alkyl carbamates (subject to hydrolysis) is 1.